The van der Waals surface area contributed by atoms with Gasteiger partial charge >= 0.3 is 0 Å². The number of hydrogen-bond acceptors (Lipinski definition) is 2. The van der Waals surface area contributed by atoms with Gasteiger partial charge in [0.05, 0.1) is 0 Å². The molecule has 1 rings (SSSR count). The summed E-state index contributed by atoms with van der Waals surface area (Å²) in [6.45, 7) is 1.55. The molecule has 1 N–H and O–H groups in total. The van der Waals surface area contributed by atoms with E-state index in [1.54, 1.807) is 12.1 Å². The molecule has 0 saturated carbocycles. The van der Waals surface area contributed by atoms with Gasteiger partial charge in [0.1, 0.15) is 5.82 Å². The first kappa shape index (κ1) is 11.1. The second-order valence-electron chi connectivity index (χ2n) is 3.41. The third-order valence-corrected chi connectivity index (χ3v) is 2.10. The zero-order valence-corrected chi connectivity index (χ0v) is 8.41. The van der Waals surface area contributed by atoms with E-state index in [1.807, 2.05) is 18.0 Å². The smallest absolute Gasteiger partial charge is 0.127 e. The van der Waals surface area contributed by atoms with Crippen molar-refractivity contribution in [1.29, 1.82) is 0 Å². The van der Waals surface area contributed by atoms with Crippen LogP contribution in [0.1, 0.15) is 12.0 Å². The van der Waals surface area contributed by atoms with Crippen molar-refractivity contribution in [1.82, 2.24) is 4.90 Å². The predicted octanol–water partition coefficient (Wildman–Crippen LogP) is 1.64. The molecule has 0 bridgehead atoms. The quantitative estimate of drug-likeness (QED) is 0.775. The Morgan fingerprint density at radius 2 is 2.07 bits per heavy atom. The Hall–Kier alpha value is -0.930. The lowest BCUT2D eigenvalue weighted by Crippen LogP contribution is -2.20. The van der Waals surface area contributed by atoms with Gasteiger partial charge < -0.3 is 10.0 Å². The van der Waals surface area contributed by atoms with Crippen LogP contribution < -0.4 is 0 Å². The molecule has 0 aromatic heterocycles. The number of hydrogen-bond donors (Lipinski definition) is 1. The van der Waals surface area contributed by atoms with E-state index in [0.29, 0.717) is 12.1 Å². The number of aliphatic hydroxyl groups is 1. The predicted molar refractivity (Wildman–Crippen MR) is 54.4 cm³/mol. The number of rotatable bonds is 5. The first-order chi connectivity index (χ1) is 6.74. The molecule has 0 radical (unpaired) electrons. The average molecular weight is 197 g/mol. The van der Waals surface area contributed by atoms with Crippen LogP contribution in [0.2, 0.25) is 0 Å². The summed E-state index contributed by atoms with van der Waals surface area (Å²) in [5, 5.41) is 8.64. The summed E-state index contributed by atoms with van der Waals surface area (Å²) >= 11 is 0. The Labute approximate surface area is 84.0 Å². The van der Waals surface area contributed by atoms with Crippen molar-refractivity contribution in [2.24, 2.45) is 0 Å². The molecule has 0 aliphatic rings. The van der Waals surface area contributed by atoms with Crippen molar-refractivity contribution in [2.45, 2.75) is 13.0 Å². The highest BCUT2D eigenvalue weighted by molar-refractivity contribution is 5.16. The third-order valence-electron chi connectivity index (χ3n) is 2.10. The van der Waals surface area contributed by atoms with Crippen molar-refractivity contribution in [3.05, 3.63) is 35.6 Å². The van der Waals surface area contributed by atoms with E-state index < -0.39 is 0 Å². The zero-order chi connectivity index (χ0) is 10.4. The highest BCUT2D eigenvalue weighted by Crippen LogP contribution is 2.08. The van der Waals surface area contributed by atoms with Crippen molar-refractivity contribution in [3.8, 4) is 0 Å². The summed E-state index contributed by atoms with van der Waals surface area (Å²) in [6.07, 6.45) is 0.727. The molecular formula is C11H16FNO. The lowest BCUT2D eigenvalue weighted by Gasteiger charge is -2.16. The highest BCUT2D eigenvalue weighted by atomic mass is 19.1. The maximum Gasteiger partial charge on any atom is 0.127 e. The molecule has 3 heteroatoms. The molecule has 1 aromatic carbocycles. The Balaban J connectivity index is 2.47. The largest absolute Gasteiger partial charge is 0.396 e. The Morgan fingerprint density at radius 3 is 2.71 bits per heavy atom. The fraction of sp³-hybridized carbons (Fsp3) is 0.455. The first-order valence-electron chi connectivity index (χ1n) is 4.77. The molecule has 1 aromatic rings. The van der Waals surface area contributed by atoms with Crippen molar-refractivity contribution >= 4 is 0 Å². The van der Waals surface area contributed by atoms with E-state index in [1.165, 1.54) is 6.07 Å². The summed E-state index contributed by atoms with van der Waals surface area (Å²) < 4.78 is 13.2. The van der Waals surface area contributed by atoms with E-state index >= 15 is 0 Å². The van der Waals surface area contributed by atoms with Crippen LogP contribution >= 0.6 is 0 Å². The molecular weight excluding hydrogens is 181 g/mol. The molecule has 0 saturated heterocycles. The van der Waals surface area contributed by atoms with Crippen molar-refractivity contribution < 1.29 is 9.50 Å². The van der Waals surface area contributed by atoms with E-state index in [9.17, 15) is 4.39 Å². The van der Waals surface area contributed by atoms with Gasteiger partial charge in [-0.3, -0.25) is 0 Å². The minimum absolute atomic E-state index is 0.164. The van der Waals surface area contributed by atoms with Gasteiger partial charge in [-0.1, -0.05) is 18.2 Å². The molecule has 0 unspecified atom stereocenters. The second-order valence-corrected chi connectivity index (χ2v) is 3.41. The number of halogens is 1. The number of benzene rings is 1. The summed E-state index contributed by atoms with van der Waals surface area (Å²) in [6, 6.07) is 6.77. The van der Waals surface area contributed by atoms with E-state index in [2.05, 4.69) is 0 Å². The van der Waals surface area contributed by atoms with Crippen LogP contribution in [-0.2, 0) is 6.54 Å². The van der Waals surface area contributed by atoms with Crippen LogP contribution in [0.15, 0.2) is 24.3 Å². The summed E-state index contributed by atoms with van der Waals surface area (Å²) in [7, 11) is 1.92. The average Bonchev–Trinajstić information content (AvgIpc) is 2.18. The monoisotopic (exact) mass is 197 g/mol. The van der Waals surface area contributed by atoms with Crippen LogP contribution in [-0.4, -0.2) is 30.2 Å². The Morgan fingerprint density at radius 1 is 1.36 bits per heavy atom. The van der Waals surface area contributed by atoms with Gasteiger partial charge in [-0.05, 0) is 19.5 Å². The molecule has 0 heterocycles. The van der Waals surface area contributed by atoms with Gasteiger partial charge in [-0.25, -0.2) is 4.39 Å². The summed E-state index contributed by atoms with van der Waals surface area (Å²) in [4.78, 5) is 1.99. The maximum atomic E-state index is 13.2. The standard InChI is InChI=1S/C11H16FNO/c1-13(7-4-8-14)9-10-5-2-3-6-11(10)12/h2-3,5-6,14H,4,7-9H2,1H3. The van der Waals surface area contributed by atoms with Gasteiger partial charge in [0.25, 0.3) is 0 Å². The molecule has 2 nitrogen and oxygen atoms in total. The Kier molecular flexibility index (Phi) is 4.56. The van der Waals surface area contributed by atoms with Gasteiger partial charge in [0, 0.05) is 25.3 Å². The molecule has 14 heavy (non-hydrogen) atoms. The van der Waals surface area contributed by atoms with Crippen molar-refractivity contribution in [3.63, 3.8) is 0 Å². The van der Waals surface area contributed by atoms with Gasteiger partial charge in [0.2, 0.25) is 0 Å². The van der Waals surface area contributed by atoms with Crippen LogP contribution in [0.4, 0.5) is 4.39 Å². The van der Waals surface area contributed by atoms with E-state index in [4.69, 9.17) is 5.11 Å². The minimum atomic E-state index is -0.164. The lowest BCUT2D eigenvalue weighted by atomic mass is 10.2. The maximum absolute atomic E-state index is 13.2. The van der Waals surface area contributed by atoms with Crippen LogP contribution in [0, 0.1) is 5.82 Å². The van der Waals surface area contributed by atoms with Crippen LogP contribution in [0.25, 0.3) is 0 Å². The van der Waals surface area contributed by atoms with Crippen LogP contribution in [0.3, 0.4) is 0 Å². The number of aliphatic hydroxyl groups excluding tert-OH is 1. The summed E-state index contributed by atoms with van der Waals surface area (Å²) in [5.74, 6) is -0.164. The normalized spacial score (nSPS) is 10.9. The first-order valence-corrected chi connectivity index (χ1v) is 4.77. The topological polar surface area (TPSA) is 23.5 Å². The van der Waals surface area contributed by atoms with E-state index in [0.717, 1.165) is 13.0 Å². The van der Waals surface area contributed by atoms with E-state index in [-0.39, 0.29) is 12.4 Å². The zero-order valence-electron chi connectivity index (χ0n) is 8.41. The molecule has 78 valence electrons. The SMILES string of the molecule is CN(CCCO)Cc1ccccc1F. The van der Waals surface area contributed by atoms with Crippen molar-refractivity contribution in [2.75, 3.05) is 20.2 Å². The molecule has 0 aliphatic carbocycles. The fourth-order valence-corrected chi connectivity index (χ4v) is 1.34. The molecule has 0 fully saturated rings. The summed E-state index contributed by atoms with van der Waals surface area (Å²) in [5.41, 5.74) is 0.702. The van der Waals surface area contributed by atoms with Gasteiger partial charge in [-0.2, -0.15) is 0 Å². The lowest BCUT2D eigenvalue weighted by molar-refractivity contribution is 0.243. The molecule has 0 amide bonds. The van der Waals surface area contributed by atoms with Crippen LogP contribution in [0.5, 0.6) is 0 Å². The number of nitrogens with zero attached hydrogens (tertiary/aromatic N) is 1. The second kappa shape index (κ2) is 5.73. The Bertz CT molecular complexity index is 278. The van der Waals surface area contributed by atoms with Gasteiger partial charge in [-0.15, -0.1) is 0 Å². The fourth-order valence-electron chi connectivity index (χ4n) is 1.34. The highest BCUT2D eigenvalue weighted by Gasteiger charge is 2.03. The molecule has 0 spiro atoms. The molecule has 0 atom stereocenters. The molecule has 0 aliphatic heterocycles. The minimum Gasteiger partial charge on any atom is -0.396 e. The third kappa shape index (κ3) is 3.44. The van der Waals surface area contributed by atoms with Gasteiger partial charge in [0.15, 0.2) is 0 Å².